The van der Waals surface area contributed by atoms with Crippen LogP contribution in [0.15, 0.2) is 40.2 Å². The van der Waals surface area contributed by atoms with Gasteiger partial charge in [-0.05, 0) is 39.0 Å². The molecule has 150 valence electrons. The SMILES string of the molecule is Cc1cc(C)n2c(CNC(=O)C(C)N=C3NS(=O)(=O)c4ccccc43)nnc2n1. The summed E-state index contributed by atoms with van der Waals surface area (Å²) in [4.78, 5) is 21.2. The normalized spacial score (nSPS) is 17.1. The zero-order chi connectivity index (χ0) is 20.8. The lowest BCUT2D eigenvalue weighted by Crippen LogP contribution is -2.34. The van der Waals surface area contributed by atoms with Gasteiger partial charge >= 0.3 is 0 Å². The van der Waals surface area contributed by atoms with Gasteiger partial charge in [0, 0.05) is 17.0 Å². The van der Waals surface area contributed by atoms with Crippen LogP contribution in [0, 0.1) is 13.8 Å². The molecule has 3 heterocycles. The summed E-state index contributed by atoms with van der Waals surface area (Å²) in [5, 5.41) is 10.9. The number of benzene rings is 1. The molecule has 0 fully saturated rings. The number of aliphatic imine (C=N–C) groups is 1. The second kappa shape index (κ2) is 6.92. The highest BCUT2D eigenvalue weighted by Crippen LogP contribution is 2.22. The summed E-state index contributed by atoms with van der Waals surface area (Å²) in [5.74, 6) is 0.810. The van der Waals surface area contributed by atoms with Crippen molar-refractivity contribution in [3.8, 4) is 0 Å². The predicted molar refractivity (Wildman–Crippen MR) is 105 cm³/mol. The highest BCUT2D eigenvalue weighted by Gasteiger charge is 2.31. The molecule has 4 rings (SSSR count). The van der Waals surface area contributed by atoms with Crippen LogP contribution in [-0.4, -0.2) is 45.8 Å². The Hall–Kier alpha value is -3.34. The standard InChI is InChI=1S/C18H19N7O3S/c1-10-8-11(2)25-15(22-23-18(25)20-10)9-19-17(26)12(3)21-16-13-6-4-5-7-14(13)29(27,28)24-16/h4-8,12H,9H2,1-3H3,(H,19,26)(H,21,24). The van der Waals surface area contributed by atoms with Gasteiger partial charge < -0.3 is 5.32 Å². The Kier molecular flexibility index (Phi) is 4.53. The first-order chi connectivity index (χ1) is 13.8. The number of hydrogen-bond acceptors (Lipinski definition) is 7. The average molecular weight is 413 g/mol. The van der Waals surface area contributed by atoms with Crippen LogP contribution in [0.1, 0.15) is 29.7 Å². The second-order valence-electron chi connectivity index (χ2n) is 6.76. The van der Waals surface area contributed by atoms with Crippen LogP contribution in [0.25, 0.3) is 5.78 Å². The summed E-state index contributed by atoms with van der Waals surface area (Å²) in [6.07, 6.45) is 0. The van der Waals surface area contributed by atoms with Gasteiger partial charge in [0.05, 0.1) is 11.4 Å². The molecular formula is C18H19N7O3S. The quantitative estimate of drug-likeness (QED) is 0.640. The third kappa shape index (κ3) is 3.44. The first kappa shape index (κ1) is 19.0. The number of hydrogen-bond donors (Lipinski definition) is 2. The van der Waals surface area contributed by atoms with Crippen molar-refractivity contribution >= 4 is 27.5 Å². The van der Waals surface area contributed by atoms with E-state index in [-0.39, 0.29) is 23.2 Å². The Labute approximate surface area is 167 Å². The molecule has 11 heteroatoms. The van der Waals surface area contributed by atoms with Crippen LogP contribution in [-0.2, 0) is 21.4 Å². The molecule has 1 aromatic carbocycles. The topological polar surface area (TPSA) is 131 Å². The number of aryl methyl sites for hydroxylation is 2. The van der Waals surface area contributed by atoms with E-state index >= 15 is 0 Å². The third-order valence-corrected chi connectivity index (χ3v) is 5.94. The molecule has 29 heavy (non-hydrogen) atoms. The first-order valence-electron chi connectivity index (χ1n) is 8.92. The maximum absolute atomic E-state index is 12.5. The number of carbonyl (C=O) groups is 1. The molecule has 1 unspecified atom stereocenters. The number of fused-ring (bicyclic) bond motifs is 2. The van der Waals surface area contributed by atoms with Gasteiger partial charge in [0.15, 0.2) is 5.82 Å². The molecule has 0 aliphatic carbocycles. The summed E-state index contributed by atoms with van der Waals surface area (Å²) in [5.41, 5.74) is 2.20. The van der Waals surface area contributed by atoms with Crippen molar-refractivity contribution < 1.29 is 13.2 Å². The molecule has 0 bridgehead atoms. The van der Waals surface area contributed by atoms with Crippen LogP contribution in [0.2, 0.25) is 0 Å². The fourth-order valence-electron chi connectivity index (χ4n) is 3.21. The van der Waals surface area contributed by atoms with Gasteiger partial charge in [-0.1, -0.05) is 12.1 Å². The Morgan fingerprint density at radius 2 is 2.03 bits per heavy atom. The molecular weight excluding hydrogens is 394 g/mol. The molecule has 1 atom stereocenters. The van der Waals surface area contributed by atoms with E-state index in [0.717, 1.165) is 11.4 Å². The fourth-order valence-corrected chi connectivity index (χ4v) is 4.45. The number of nitrogens with zero attached hydrogens (tertiary/aromatic N) is 5. The predicted octanol–water partition coefficient (Wildman–Crippen LogP) is 0.485. The van der Waals surface area contributed by atoms with Crippen molar-refractivity contribution in [3.63, 3.8) is 0 Å². The lowest BCUT2D eigenvalue weighted by atomic mass is 10.2. The van der Waals surface area contributed by atoms with E-state index in [0.29, 0.717) is 17.2 Å². The number of nitrogens with one attached hydrogen (secondary N) is 2. The Morgan fingerprint density at radius 1 is 1.28 bits per heavy atom. The molecule has 1 amide bonds. The third-order valence-electron chi connectivity index (χ3n) is 4.55. The van der Waals surface area contributed by atoms with E-state index in [1.165, 1.54) is 6.07 Å². The summed E-state index contributed by atoms with van der Waals surface area (Å²) in [7, 11) is -3.65. The van der Waals surface area contributed by atoms with Crippen LogP contribution in [0.3, 0.4) is 0 Å². The van der Waals surface area contributed by atoms with Crippen molar-refractivity contribution in [3.05, 3.63) is 53.1 Å². The highest BCUT2D eigenvalue weighted by atomic mass is 32.2. The van der Waals surface area contributed by atoms with Crippen LogP contribution in [0.4, 0.5) is 0 Å². The van der Waals surface area contributed by atoms with Gasteiger partial charge in [0.1, 0.15) is 11.9 Å². The van der Waals surface area contributed by atoms with E-state index < -0.39 is 16.1 Å². The maximum atomic E-state index is 12.5. The van der Waals surface area contributed by atoms with Gasteiger partial charge in [0.2, 0.25) is 5.91 Å². The molecule has 2 aromatic heterocycles. The molecule has 2 N–H and O–H groups in total. The van der Waals surface area contributed by atoms with Crippen molar-refractivity contribution in [2.45, 2.75) is 38.3 Å². The summed E-state index contributed by atoms with van der Waals surface area (Å²) < 4.78 is 28.5. The minimum Gasteiger partial charge on any atom is -0.347 e. The van der Waals surface area contributed by atoms with Gasteiger partial charge in [0.25, 0.3) is 15.8 Å². The van der Waals surface area contributed by atoms with Gasteiger partial charge in [-0.25, -0.2) is 13.4 Å². The molecule has 1 aliphatic heterocycles. The maximum Gasteiger partial charge on any atom is 0.263 e. The first-order valence-corrected chi connectivity index (χ1v) is 10.4. The minimum atomic E-state index is -3.65. The average Bonchev–Trinajstić information content (AvgIpc) is 3.18. The number of rotatable bonds is 4. The zero-order valence-corrected chi connectivity index (χ0v) is 16.9. The fraction of sp³-hybridized carbons (Fsp3) is 0.278. The van der Waals surface area contributed by atoms with Crippen LogP contribution in [0.5, 0.6) is 0 Å². The van der Waals surface area contributed by atoms with E-state index in [4.69, 9.17) is 0 Å². The van der Waals surface area contributed by atoms with Crippen molar-refractivity contribution in [2.24, 2.45) is 4.99 Å². The second-order valence-corrected chi connectivity index (χ2v) is 8.41. The van der Waals surface area contributed by atoms with Gasteiger partial charge in [-0.15, -0.1) is 10.2 Å². The summed E-state index contributed by atoms with van der Waals surface area (Å²) in [6.45, 7) is 5.52. The number of amidine groups is 1. The zero-order valence-electron chi connectivity index (χ0n) is 16.0. The monoisotopic (exact) mass is 413 g/mol. The van der Waals surface area contributed by atoms with E-state index in [2.05, 4.69) is 30.2 Å². The molecule has 0 saturated carbocycles. The lowest BCUT2D eigenvalue weighted by molar-refractivity contribution is -0.122. The van der Waals surface area contributed by atoms with E-state index in [9.17, 15) is 13.2 Å². The van der Waals surface area contributed by atoms with Crippen molar-refractivity contribution in [1.82, 2.24) is 29.6 Å². The van der Waals surface area contributed by atoms with Gasteiger partial charge in [-0.2, -0.15) is 0 Å². The van der Waals surface area contributed by atoms with Crippen LogP contribution < -0.4 is 10.0 Å². The van der Waals surface area contributed by atoms with Crippen LogP contribution >= 0.6 is 0 Å². The molecule has 3 aromatic rings. The van der Waals surface area contributed by atoms with Gasteiger partial charge in [-0.3, -0.25) is 18.9 Å². The summed E-state index contributed by atoms with van der Waals surface area (Å²) >= 11 is 0. The Balaban J connectivity index is 1.51. The largest absolute Gasteiger partial charge is 0.347 e. The van der Waals surface area contributed by atoms with Crippen molar-refractivity contribution in [2.75, 3.05) is 0 Å². The minimum absolute atomic E-state index is 0.142. The van der Waals surface area contributed by atoms with E-state index in [1.807, 2.05) is 19.9 Å². The van der Waals surface area contributed by atoms with E-state index in [1.54, 1.807) is 29.5 Å². The highest BCUT2D eigenvalue weighted by molar-refractivity contribution is 7.90. The molecule has 10 nitrogen and oxygen atoms in total. The smallest absolute Gasteiger partial charge is 0.263 e. The number of amides is 1. The Bertz CT molecular complexity index is 1260. The number of aromatic nitrogens is 4. The number of sulfonamides is 1. The number of carbonyl (C=O) groups excluding carboxylic acids is 1. The molecule has 0 spiro atoms. The molecule has 0 saturated heterocycles. The summed E-state index contributed by atoms with van der Waals surface area (Å²) in [6, 6.07) is 7.60. The molecule has 0 radical (unpaired) electrons. The molecule has 1 aliphatic rings. The lowest BCUT2D eigenvalue weighted by Gasteiger charge is -2.10. The Morgan fingerprint density at radius 3 is 2.83 bits per heavy atom. The van der Waals surface area contributed by atoms with Crippen molar-refractivity contribution in [1.29, 1.82) is 0 Å².